The first kappa shape index (κ1) is 19.5. The van der Waals surface area contributed by atoms with Crippen molar-refractivity contribution in [3.05, 3.63) is 59.0 Å². The highest BCUT2D eigenvalue weighted by Crippen LogP contribution is 2.26. The lowest BCUT2D eigenvalue weighted by Crippen LogP contribution is -2.20. The van der Waals surface area contributed by atoms with E-state index < -0.39 is 0 Å². The fourth-order valence-electron chi connectivity index (χ4n) is 2.38. The summed E-state index contributed by atoms with van der Waals surface area (Å²) in [6.07, 6.45) is 1.71. The molecule has 0 saturated heterocycles. The lowest BCUT2D eigenvalue weighted by molar-refractivity contribution is -0.118. The minimum absolute atomic E-state index is 0.119. The largest absolute Gasteiger partial charge is 0.494 e. The van der Waals surface area contributed by atoms with Crippen LogP contribution >= 0.6 is 11.8 Å². The normalized spacial score (nSPS) is 14.7. The van der Waals surface area contributed by atoms with Gasteiger partial charge in [0, 0.05) is 5.69 Å². The van der Waals surface area contributed by atoms with Crippen LogP contribution in [0.1, 0.15) is 12.5 Å². The van der Waals surface area contributed by atoms with Gasteiger partial charge in [-0.25, -0.2) is 0 Å². The zero-order valence-corrected chi connectivity index (χ0v) is 16.0. The molecule has 0 saturated carbocycles. The van der Waals surface area contributed by atoms with Gasteiger partial charge in [0.2, 0.25) is 0 Å². The van der Waals surface area contributed by atoms with Gasteiger partial charge in [0.15, 0.2) is 11.8 Å². The quantitative estimate of drug-likeness (QED) is 0.696. The van der Waals surface area contributed by atoms with Crippen LogP contribution in [0.2, 0.25) is 0 Å². The van der Waals surface area contributed by atoms with Crippen LogP contribution in [0.5, 0.6) is 11.5 Å². The van der Waals surface area contributed by atoms with E-state index in [0.29, 0.717) is 22.9 Å². The Balaban J connectivity index is 1.50. The van der Waals surface area contributed by atoms with Crippen molar-refractivity contribution < 1.29 is 19.1 Å². The number of nitrogens with two attached hydrogens (primary N) is 1. The number of anilines is 1. The Morgan fingerprint density at radius 1 is 1.11 bits per heavy atom. The molecule has 2 aromatic rings. The molecule has 3 rings (SSSR count). The molecule has 8 heteroatoms. The summed E-state index contributed by atoms with van der Waals surface area (Å²) >= 11 is 1.14. The molecule has 0 aliphatic carbocycles. The van der Waals surface area contributed by atoms with E-state index in [0.717, 1.165) is 23.1 Å². The molecule has 2 amide bonds. The van der Waals surface area contributed by atoms with Gasteiger partial charge in [0.1, 0.15) is 11.5 Å². The second-order valence-electron chi connectivity index (χ2n) is 5.73. The number of hydrogen-bond acceptors (Lipinski definition) is 6. The molecule has 3 N–H and O–H groups in total. The van der Waals surface area contributed by atoms with Gasteiger partial charge >= 0.3 is 0 Å². The van der Waals surface area contributed by atoms with Crippen molar-refractivity contribution >= 4 is 40.5 Å². The van der Waals surface area contributed by atoms with E-state index in [9.17, 15) is 9.59 Å². The van der Waals surface area contributed by atoms with Gasteiger partial charge in [-0.2, -0.15) is 4.99 Å². The van der Waals surface area contributed by atoms with Gasteiger partial charge in [-0.15, -0.1) is 0 Å². The van der Waals surface area contributed by atoms with E-state index in [-0.39, 0.29) is 23.6 Å². The molecule has 7 nitrogen and oxygen atoms in total. The number of nitrogens with zero attached hydrogens (tertiary/aromatic N) is 1. The second kappa shape index (κ2) is 9.09. The van der Waals surface area contributed by atoms with Crippen LogP contribution in [0.3, 0.4) is 0 Å². The average Bonchev–Trinajstić information content (AvgIpc) is 3.00. The zero-order valence-electron chi connectivity index (χ0n) is 15.2. The Bertz CT molecular complexity index is 921. The first-order chi connectivity index (χ1) is 13.5. The molecule has 1 aliphatic rings. The van der Waals surface area contributed by atoms with Gasteiger partial charge < -0.3 is 20.5 Å². The fraction of sp³-hybridized carbons (Fsp3) is 0.150. The molecule has 0 unspecified atom stereocenters. The highest BCUT2D eigenvalue weighted by atomic mass is 32.2. The Kier molecular flexibility index (Phi) is 6.33. The maximum Gasteiger partial charge on any atom is 0.286 e. The molecule has 28 heavy (non-hydrogen) atoms. The number of amidine groups is 1. The van der Waals surface area contributed by atoms with Crippen LogP contribution in [-0.4, -0.2) is 30.2 Å². The molecule has 2 aromatic carbocycles. The molecule has 144 valence electrons. The smallest absolute Gasteiger partial charge is 0.286 e. The van der Waals surface area contributed by atoms with E-state index in [1.54, 1.807) is 54.6 Å². The maximum atomic E-state index is 12.0. The molecule has 1 heterocycles. The molecule has 0 aromatic heterocycles. The van der Waals surface area contributed by atoms with Crippen molar-refractivity contribution in [3.8, 4) is 11.5 Å². The van der Waals surface area contributed by atoms with Gasteiger partial charge in [-0.1, -0.05) is 12.1 Å². The first-order valence-electron chi connectivity index (χ1n) is 8.57. The Morgan fingerprint density at radius 3 is 2.36 bits per heavy atom. The van der Waals surface area contributed by atoms with Crippen LogP contribution in [0, 0.1) is 0 Å². The van der Waals surface area contributed by atoms with Crippen LogP contribution < -0.4 is 20.5 Å². The molecular weight excluding hydrogens is 378 g/mol. The van der Waals surface area contributed by atoms with Crippen LogP contribution in [0.25, 0.3) is 6.08 Å². The van der Waals surface area contributed by atoms with E-state index in [1.165, 1.54) is 0 Å². The third kappa shape index (κ3) is 5.37. The summed E-state index contributed by atoms with van der Waals surface area (Å²) in [5, 5.41) is 3.00. The molecule has 0 fully saturated rings. The van der Waals surface area contributed by atoms with Gasteiger partial charge in [0.05, 0.1) is 11.5 Å². The number of carbonyl (C=O) groups excluding carboxylic acids is 2. The van der Waals surface area contributed by atoms with Crippen molar-refractivity contribution in [2.24, 2.45) is 10.7 Å². The van der Waals surface area contributed by atoms with E-state index in [2.05, 4.69) is 10.3 Å². The number of nitrogens with one attached hydrogen (secondary N) is 1. The number of ether oxygens (including phenoxy) is 2. The number of carbonyl (C=O) groups is 2. The monoisotopic (exact) mass is 397 g/mol. The molecule has 1 aliphatic heterocycles. The lowest BCUT2D eigenvalue weighted by Gasteiger charge is -2.09. The predicted octanol–water partition coefficient (Wildman–Crippen LogP) is 3.03. The Hall–Kier alpha value is -3.26. The Labute approximate surface area is 166 Å². The van der Waals surface area contributed by atoms with E-state index in [1.807, 2.05) is 6.92 Å². The summed E-state index contributed by atoms with van der Waals surface area (Å²) in [4.78, 5) is 27.7. The highest BCUT2D eigenvalue weighted by Gasteiger charge is 2.19. The second-order valence-corrected chi connectivity index (χ2v) is 6.79. The summed E-state index contributed by atoms with van der Waals surface area (Å²) in [6.45, 7) is 2.38. The van der Waals surface area contributed by atoms with Crippen molar-refractivity contribution in [1.82, 2.24) is 0 Å². The van der Waals surface area contributed by atoms with Crippen LogP contribution in [-0.2, 0) is 9.59 Å². The summed E-state index contributed by atoms with van der Waals surface area (Å²) in [5.74, 6) is 0.689. The summed E-state index contributed by atoms with van der Waals surface area (Å²) in [7, 11) is 0. The van der Waals surface area contributed by atoms with Crippen LogP contribution in [0.15, 0.2) is 58.4 Å². The number of benzene rings is 2. The standard InChI is InChI=1S/C20H19N3O4S/c1-2-26-15-9-5-14(6-10-15)22-18(24)12-27-16-7-3-13(4-8-16)11-17-19(25)23-20(21)28-17/h3-11H,2,12H2,1H3,(H,22,24)(H2,21,23,25)/b17-11-. The number of amides is 2. The SMILES string of the molecule is CCOc1ccc(NC(=O)COc2ccc(/C=C3\SC(N)=NC3=O)cc2)cc1. The number of hydrogen-bond donors (Lipinski definition) is 2. The zero-order chi connectivity index (χ0) is 19.9. The topological polar surface area (TPSA) is 103 Å². The number of rotatable bonds is 7. The Morgan fingerprint density at radius 2 is 1.75 bits per heavy atom. The maximum absolute atomic E-state index is 12.0. The van der Waals surface area contributed by atoms with Crippen molar-refractivity contribution in [2.45, 2.75) is 6.92 Å². The summed E-state index contributed by atoms with van der Waals surface area (Å²) in [6, 6.07) is 14.1. The summed E-state index contributed by atoms with van der Waals surface area (Å²) < 4.78 is 10.9. The highest BCUT2D eigenvalue weighted by molar-refractivity contribution is 8.18. The third-order valence-electron chi connectivity index (χ3n) is 3.63. The van der Waals surface area contributed by atoms with Gasteiger partial charge in [-0.05, 0) is 66.7 Å². The molecular formula is C20H19N3O4S. The fourth-order valence-corrected chi connectivity index (χ4v) is 3.07. The molecule has 0 atom stereocenters. The number of aliphatic imine (C=N–C) groups is 1. The number of thioether (sulfide) groups is 1. The first-order valence-corrected chi connectivity index (χ1v) is 9.39. The van der Waals surface area contributed by atoms with Crippen molar-refractivity contribution in [1.29, 1.82) is 0 Å². The van der Waals surface area contributed by atoms with Gasteiger partial charge in [0.25, 0.3) is 11.8 Å². The van der Waals surface area contributed by atoms with Gasteiger partial charge in [-0.3, -0.25) is 9.59 Å². The molecule has 0 bridgehead atoms. The van der Waals surface area contributed by atoms with E-state index in [4.69, 9.17) is 15.2 Å². The van der Waals surface area contributed by atoms with Crippen molar-refractivity contribution in [3.63, 3.8) is 0 Å². The molecule has 0 radical (unpaired) electrons. The molecule has 0 spiro atoms. The lowest BCUT2D eigenvalue weighted by atomic mass is 10.2. The van der Waals surface area contributed by atoms with Crippen molar-refractivity contribution in [2.75, 3.05) is 18.5 Å². The predicted molar refractivity (Wildman–Crippen MR) is 110 cm³/mol. The average molecular weight is 397 g/mol. The minimum Gasteiger partial charge on any atom is -0.494 e. The van der Waals surface area contributed by atoms with E-state index >= 15 is 0 Å². The summed E-state index contributed by atoms with van der Waals surface area (Å²) in [5.41, 5.74) is 7.00. The third-order valence-corrected chi connectivity index (χ3v) is 4.45. The van der Waals surface area contributed by atoms with Crippen LogP contribution in [0.4, 0.5) is 5.69 Å². The minimum atomic E-state index is -0.339.